The number of rotatable bonds is 10. The van der Waals surface area contributed by atoms with Gasteiger partial charge >= 0.3 is 0 Å². The molecule has 7 nitrogen and oxygen atoms in total. The zero-order chi connectivity index (χ0) is 28.0. The van der Waals surface area contributed by atoms with Gasteiger partial charge in [0.05, 0.1) is 0 Å². The predicted octanol–water partition coefficient (Wildman–Crippen LogP) is 6.57. The third-order valence-electron chi connectivity index (χ3n) is 8.25. The van der Waals surface area contributed by atoms with Crippen LogP contribution in [-0.4, -0.2) is 32.5 Å². The van der Waals surface area contributed by atoms with Crippen LogP contribution in [0, 0.1) is 5.92 Å². The molecule has 0 bridgehead atoms. The lowest BCUT2D eigenvalue weighted by atomic mass is 9.84. The number of hydrogen-bond donors (Lipinski definition) is 3. The van der Waals surface area contributed by atoms with Crippen molar-refractivity contribution in [2.75, 3.05) is 10.6 Å². The van der Waals surface area contributed by atoms with Crippen molar-refractivity contribution in [2.24, 2.45) is 5.92 Å². The number of nitrogens with one attached hydrogen (secondary N) is 3. The Morgan fingerprint density at radius 2 is 1.68 bits per heavy atom. The van der Waals surface area contributed by atoms with Gasteiger partial charge in [-0.05, 0) is 66.1 Å². The summed E-state index contributed by atoms with van der Waals surface area (Å²) in [7, 11) is 0. The fraction of sp³-hybridized carbons (Fsp3) is 0.364. The molecule has 212 valence electrons. The lowest BCUT2D eigenvalue weighted by molar-refractivity contribution is -0.122. The van der Waals surface area contributed by atoms with E-state index in [0.29, 0.717) is 29.3 Å². The summed E-state index contributed by atoms with van der Waals surface area (Å²) in [6, 6.07) is 21.8. The highest BCUT2D eigenvalue weighted by Gasteiger charge is 2.29. The zero-order valence-corrected chi connectivity index (χ0v) is 24.0. The average Bonchev–Trinajstić information content (AvgIpc) is 3.67. The molecule has 2 heterocycles. The van der Waals surface area contributed by atoms with Crippen molar-refractivity contribution in [3.8, 4) is 5.82 Å². The second-order valence-electron chi connectivity index (χ2n) is 11.3. The van der Waals surface area contributed by atoms with Gasteiger partial charge < -0.3 is 20.5 Å². The van der Waals surface area contributed by atoms with Gasteiger partial charge in [-0.25, -0.2) is 0 Å². The monoisotopic (exact) mass is 568 g/mol. The molecule has 0 spiro atoms. The Morgan fingerprint density at radius 1 is 0.927 bits per heavy atom. The number of amides is 1. The quantitative estimate of drug-likeness (QED) is 0.202. The van der Waals surface area contributed by atoms with E-state index in [-0.39, 0.29) is 18.0 Å². The molecule has 0 aliphatic heterocycles. The molecule has 1 saturated carbocycles. The van der Waals surface area contributed by atoms with E-state index in [9.17, 15) is 4.79 Å². The Kier molecular flexibility index (Phi) is 8.52. The average molecular weight is 569 g/mol. The summed E-state index contributed by atoms with van der Waals surface area (Å²) in [4.78, 5) is 23.4. The SMILES string of the molecule is O=C(NC1Cc2ccccc2C1)C(CC1CCCCC1)Nc1cc(-n2cccc2)nc(NCc2cccc(Cl)c2)n1. The Balaban J connectivity index is 1.22. The van der Waals surface area contributed by atoms with Crippen molar-refractivity contribution in [3.05, 3.63) is 101 Å². The van der Waals surface area contributed by atoms with Crippen LogP contribution in [0.2, 0.25) is 5.02 Å². The lowest BCUT2D eigenvalue weighted by Crippen LogP contribution is -2.46. The first kappa shape index (κ1) is 27.3. The summed E-state index contributed by atoms with van der Waals surface area (Å²) in [5, 5.41) is 10.9. The van der Waals surface area contributed by atoms with Gasteiger partial charge in [-0.3, -0.25) is 4.79 Å². The molecule has 2 aliphatic carbocycles. The molecule has 3 N–H and O–H groups in total. The molecule has 2 aromatic carbocycles. The normalized spacial score (nSPS) is 16.2. The van der Waals surface area contributed by atoms with Gasteiger partial charge in [0.15, 0.2) is 0 Å². The van der Waals surface area contributed by atoms with Gasteiger partial charge in [-0.1, -0.05) is 80.1 Å². The van der Waals surface area contributed by atoms with Gasteiger partial charge in [0.25, 0.3) is 0 Å². The van der Waals surface area contributed by atoms with Crippen LogP contribution < -0.4 is 16.0 Å². The van der Waals surface area contributed by atoms with Crippen LogP contribution in [0.25, 0.3) is 5.82 Å². The van der Waals surface area contributed by atoms with E-state index < -0.39 is 0 Å². The second-order valence-corrected chi connectivity index (χ2v) is 11.8. The number of anilines is 2. The summed E-state index contributed by atoms with van der Waals surface area (Å²) in [6.45, 7) is 0.531. The van der Waals surface area contributed by atoms with E-state index >= 15 is 0 Å². The van der Waals surface area contributed by atoms with Gasteiger partial charge in [-0.15, -0.1) is 0 Å². The highest BCUT2D eigenvalue weighted by Crippen LogP contribution is 2.29. The predicted molar refractivity (Wildman–Crippen MR) is 165 cm³/mol. The number of halogens is 1. The van der Waals surface area contributed by atoms with E-state index in [0.717, 1.165) is 30.6 Å². The van der Waals surface area contributed by atoms with Crippen molar-refractivity contribution in [1.82, 2.24) is 19.9 Å². The first-order chi connectivity index (χ1) is 20.1. The van der Waals surface area contributed by atoms with Crippen molar-refractivity contribution < 1.29 is 4.79 Å². The number of hydrogen-bond acceptors (Lipinski definition) is 5. The topological polar surface area (TPSA) is 83.9 Å². The minimum atomic E-state index is -0.380. The molecular weight excluding hydrogens is 532 g/mol. The van der Waals surface area contributed by atoms with Gasteiger partial charge in [0.2, 0.25) is 11.9 Å². The molecule has 0 radical (unpaired) electrons. The van der Waals surface area contributed by atoms with E-state index in [4.69, 9.17) is 21.6 Å². The summed E-state index contributed by atoms with van der Waals surface area (Å²) < 4.78 is 1.95. The molecule has 8 heteroatoms. The number of aromatic nitrogens is 3. The smallest absolute Gasteiger partial charge is 0.242 e. The largest absolute Gasteiger partial charge is 0.358 e. The highest BCUT2D eigenvalue weighted by molar-refractivity contribution is 6.30. The summed E-state index contributed by atoms with van der Waals surface area (Å²) >= 11 is 6.19. The molecule has 2 aromatic heterocycles. The third kappa shape index (κ3) is 7.09. The van der Waals surface area contributed by atoms with Crippen LogP contribution >= 0.6 is 11.6 Å². The number of benzene rings is 2. The van der Waals surface area contributed by atoms with Gasteiger partial charge in [0, 0.05) is 36.1 Å². The van der Waals surface area contributed by atoms with E-state index in [1.807, 2.05) is 59.4 Å². The summed E-state index contributed by atoms with van der Waals surface area (Å²) in [5.41, 5.74) is 3.70. The number of carbonyl (C=O) groups excluding carboxylic acids is 1. The second kappa shape index (κ2) is 12.8. The van der Waals surface area contributed by atoms with Crippen LogP contribution in [0.15, 0.2) is 79.1 Å². The maximum absolute atomic E-state index is 13.8. The fourth-order valence-electron chi connectivity index (χ4n) is 6.16. The van der Waals surface area contributed by atoms with Crippen LogP contribution in [0.4, 0.5) is 11.8 Å². The number of carbonyl (C=O) groups is 1. The fourth-order valence-corrected chi connectivity index (χ4v) is 6.38. The molecular formula is C33H37ClN6O. The van der Waals surface area contributed by atoms with Crippen molar-refractivity contribution >= 4 is 29.3 Å². The minimum Gasteiger partial charge on any atom is -0.358 e. The Morgan fingerprint density at radius 3 is 2.41 bits per heavy atom. The Labute approximate surface area is 246 Å². The third-order valence-corrected chi connectivity index (χ3v) is 8.49. The van der Waals surface area contributed by atoms with Crippen LogP contribution in [0.5, 0.6) is 0 Å². The van der Waals surface area contributed by atoms with Crippen molar-refractivity contribution in [3.63, 3.8) is 0 Å². The van der Waals surface area contributed by atoms with E-state index in [1.54, 1.807) is 0 Å². The summed E-state index contributed by atoms with van der Waals surface area (Å²) in [5.74, 6) is 2.41. The molecule has 2 aliphatic rings. The molecule has 1 unspecified atom stereocenters. The number of nitrogens with zero attached hydrogens (tertiary/aromatic N) is 3. The standard InChI is InChI=1S/C33H37ClN6O/c34-27-14-8-11-24(17-27)22-35-33-38-30(21-31(39-33)40-15-6-7-16-40)37-29(18-23-9-2-1-3-10-23)32(41)36-28-19-25-12-4-5-13-26(25)20-28/h4-8,11-17,21,23,28-29H,1-3,9-10,18-20,22H2,(H,36,41)(H2,35,37,38,39). The molecule has 1 atom stereocenters. The lowest BCUT2D eigenvalue weighted by Gasteiger charge is -2.28. The number of fused-ring (bicyclic) bond motifs is 1. The molecule has 0 saturated heterocycles. The van der Waals surface area contributed by atoms with Crippen LogP contribution in [-0.2, 0) is 24.2 Å². The van der Waals surface area contributed by atoms with E-state index in [2.05, 4.69) is 40.2 Å². The molecule has 4 aromatic rings. The molecule has 6 rings (SSSR count). The van der Waals surface area contributed by atoms with Crippen molar-refractivity contribution in [1.29, 1.82) is 0 Å². The highest BCUT2D eigenvalue weighted by atomic mass is 35.5. The molecule has 41 heavy (non-hydrogen) atoms. The summed E-state index contributed by atoms with van der Waals surface area (Å²) in [6.07, 6.45) is 12.6. The Bertz CT molecular complexity index is 1440. The molecule has 1 amide bonds. The maximum atomic E-state index is 13.8. The van der Waals surface area contributed by atoms with Crippen molar-refractivity contribution in [2.45, 2.75) is 70.0 Å². The van der Waals surface area contributed by atoms with Crippen LogP contribution in [0.3, 0.4) is 0 Å². The van der Waals surface area contributed by atoms with E-state index in [1.165, 1.54) is 43.2 Å². The first-order valence-corrected chi connectivity index (χ1v) is 15.1. The Hall–Kier alpha value is -3.84. The maximum Gasteiger partial charge on any atom is 0.242 e. The molecule has 1 fully saturated rings. The van der Waals surface area contributed by atoms with Gasteiger partial charge in [-0.2, -0.15) is 9.97 Å². The first-order valence-electron chi connectivity index (χ1n) is 14.7. The minimum absolute atomic E-state index is 0.0444. The zero-order valence-electron chi connectivity index (χ0n) is 23.2. The van der Waals surface area contributed by atoms with Gasteiger partial charge in [0.1, 0.15) is 17.7 Å². The van der Waals surface area contributed by atoms with Crippen LogP contribution in [0.1, 0.15) is 55.2 Å².